The maximum Gasteiger partial charge on any atom is 0.260 e. The molecule has 9 heteroatoms. The van der Waals surface area contributed by atoms with Gasteiger partial charge in [0.2, 0.25) is 11.8 Å². The van der Waals surface area contributed by atoms with E-state index >= 15 is 0 Å². The van der Waals surface area contributed by atoms with E-state index < -0.39 is 0 Å². The molecule has 58 heavy (non-hydrogen) atoms. The third-order valence-electron chi connectivity index (χ3n) is 10.9. The van der Waals surface area contributed by atoms with Gasteiger partial charge >= 0.3 is 0 Å². The summed E-state index contributed by atoms with van der Waals surface area (Å²) in [5.74, 6) is -0.0905. The van der Waals surface area contributed by atoms with Crippen LogP contribution in [0.5, 0.6) is 0 Å². The Morgan fingerprint density at radius 3 is 1.64 bits per heavy atom. The van der Waals surface area contributed by atoms with E-state index in [4.69, 9.17) is 0 Å². The zero-order valence-electron chi connectivity index (χ0n) is 33.0. The van der Waals surface area contributed by atoms with Crippen LogP contribution in [0.1, 0.15) is 84.0 Å². The molecule has 1 aromatic heterocycles. The van der Waals surface area contributed by atoms with Gasteiger partial charge < -0.3 is 19.6 Å². The minimum atomic E-state index is -0.135. The molecule has 0 fully saturated rings. The Bertz CT molecular complexity index is 2360. The van der Waals surface area contributed by atoms with Crippen LogP contribution in [0, 0.1) is 0 Å². The van der Waals surface area contributed by atoms with Gasteiger partial charge in [0.15, 0.2) is 0 Å². The molecule has 3 unspecified atom stereocenters. The van der Waals surface area contributed by atoms with Crippen molar-refractivity contribution in [1.82, 2.24) is 4.98 Å². The number of fused-ring (bicyclic) bond motifs is 2. The Morgan fingerprint density at radius 2 is 1.09 bits per heavy atom. The lowest BCUT2D eigenvalue weighted by atomic mass is 9.87. The summed E-state index contributed by atoms with van der Waals surface area (Å²) in [4.78, 5) is 63.3. The molecular weight excluding hydrogens is 723 g/mol. The molecule has 9 nitrogen and oxygen atoms in total. The van der Waals surface area contributed by atoms with Crippen molar-refractivity contribution in [2.75, 3.05) is 26.1 Å². The predicted molar refractivity (Wildman–Crippen MR) is 230 cm³/mol. The summed E-state index contributed by atoms with van der Waals surface area (Å²) < 4.78 is 0. The van der Waals surface area contributed by atoms with Crippen LogP contribution in [-0.2, 0) is 9.59 Å². The second-order valence-electron chi connectivity index (χ2n) is 14.4. The Labute approximate surface area is 340 Å². The van der Waals surface area contributed by atoms with Crippen LogP contribution in [0.2, 0.25) is 0 Å². The molecule has 3 heterocycles. The molecule has 0 aliphatic carbocycles. The smallest absolute Gasteiger partial charge is 0.260 e. The fraction of sp³-hybridized carbons (Fsp3) is 0.204. The third-order valence-corrected chi connectivity index (χ3v) is 10.9. The molecule has 0 radical (unpaired) electrons. The van der Waals surface area contributed by atoms with Crippen molar-refractivity contribution in [3.05, 3.63) is 186 Å². The molecule has 0 saturated heterocycles. The maximum absolute atomic E-state index is 13.4. The highest BCUT2D eigenvalue weighted by Crippen LogP contribution is 2.44. The van der Waals surface area contributed by atoms with Crippen molar-refractivity contribution < 1.29 is 19.2 Å². The highest BCUT2D eigenvalue weighted by Gasteiger charge is 2.39. The number of aromatic nitrogens is 1. The zero-order valence-corrected chi connectivity index (χ0v) is 33.0. The Kier molecular flexibility index (Phi) is 12.2. The SMILES string of the molecule is CC(=O)N(c1ccccc1)C1CCN(C(=O)c2ccccc2)c2ccccc21.CCC1CC(N(C(C)=O)c2ccccc2)c2ccccc2N1C(=O)c1cccnc1. The molecule has 0 saturated carbocycles. The lowest BCUT2D eigenvalue weighted by Crippen LogP contribution is -2.48. The average molecular weight is 770 g/mol. The lowest BCUT2D eigenvalue weighted by molar-refractivity contribution is -0.118. The molecule has 2 aliphatic heterocycles. The van der Waals surface area contributed by atoms with Gasteiger partial charge in [-0.25, -0.2) is 0 Å². The van der Waals surface area contributed by atoms with E-state index in [0.717, 1.165) is 40.3 Å². The molecule has 0 spiro atoms. The van der Waals surface area contributed by atoms with Crippen molar-refractivity contribution >= 4 is 46.4 Å². The van der Waals surface area contributed by atoms with Gasteiger partial charge in [0.1, 0.15) is 0 Å². The van der Waals surface area contributed by atoms with Gasteiger partial charge in [-0.15, -0.1) is 0 Å². The van der Waals surface area contributed by atoms with Crippen LogP contribution >= 0.6 is 0 Å². The largest absolute Gasteiger partial charge is 0.308 e. The highest BCUT2D eigenvalue weighted by atomic mass is 16.2. The van der Waals surface area contributed by atoms with Crippen LogP contribution in [0.15, 0.2) is 164 Å². The first-order chi connectivity index (χ1) is 28.3. The van der Waals surface area contributed by atoms with Crippen LogP contribution in [0.25, 0.3) is 0 Å². The van der Waals surface area contributed by atoms with Crippen LogP contribution in [0.3, 0.4) is 0 Å². The van der Waals surface area contributed by atoms with Crippen LogP contribution < -0.4 is 19.6 Å². The number of nitrogens with zero attached hydrogens (tertiary/aromatic N) is 5. The zero-order chi connectivity index (χ0) is 40.6. The van der Waals surface area contributed by atoms with Crippen molar-refractivity contribution in [2.45, 2.75) is 58.2 Å². The summed E-state index contributed by atoms with van der Waals surface area (Å²) in [6.45, 7) is 5.84. The number of rotatable bonds is 7. The molecular formula is C49H47N5O4. The molecule has 8 rings (SSSR count). The number of hydrogen-bond donors (Lipinski definition) is 0. The van der Waals surface area contributed by atoms with E-state index in [1.807, 2.05) is 159 Å². The molecule has 2 aliphatic rings. The molecule has 0 N–H and O–H groups in total. The van der Waals surface area contributed by atoms with Gasteiger partial charge in [-0.3, -0.25) is 24.2 Å². The van der Waals surface area contributed by atoms with Gasteiger partial charge in [-0.1, -0.05) is 97.9 Å². The van der Waals surface area contributed by atoms with Crippen molar-refractivity contribution in [3.8, 4) is 0 Å². The van der Waals surface area contributed by atoms with Gasteiger partial charge in [0, 0.05) is 67.1 Å². The highest BCUT2D eigenvalue weighted by molar-refractivity contribution is 6.08. The first kappa shape index (κ1) is 39.4. The van der Waals surface area contributed by atoms with Gasteiger partial charge in [-0.05, 0) is 91.1 Å². The minimum absolute atomic E-state index is 0.00570. The van der Waals surface area contributed by atoms with E-state index in [1.165, 1.54) is 0 Å². The summed E-state index contributed by atoms with van der Waals surface area (Å²) in [7, 11) is 0. The lowest BCUT2D eigenvalue weighted by Gasteiger charge is -2.44. The normalized spacial score (nSPS) is 16.8. The summed E-state index contributed by atoms with van der Waals surface area (Å²) in [5.41, 5.74) is 6.68. The first-order valence-corrected chi connectivity index (χ1v) is 19.8. The molecule has 0 bridgehead atoms. The number of hydrogen-bond acceptors (Lipinski definition) is 5. The van der Waals surface area contributed by atoms with E-state index in [1.54, 1.807) is 38.4 Å². The minimum Gasteiger partial charge on any atom is -0.308 e. The Morgan fingerprint density at radius 1 is 0.586 bits per heavy atom. The predicted octanol–water partition coefficient (Wildman–Crippen LogP) is 9.84. The average Bonchev–Trinajstić information content (AvgIpc) is 3.27. The molecule has 5 aromatic carbocycles. The Hall–Kier alpha value is -6.87. The second-order valence-corrected chi connectivity index (χ2v) is 14.4. The number of carbonyl (C=O) groups excluding carboxylic acids is 4. The topological polar surface area (TPSA) is 94.1 Å². The van der Waals surface area contributed by atoms with E-state index in [2.05, 4.69) is 11.9 Å². The van der Waals surface area contributed by atoms with Crippen molar-refractivity contribution in [3.63, 3.8) is 0 Å². The molecule has 3 atom stereocenters. The summed E-state index contributed by atoms with van der Waals surface area (Å²) in [5, 5.41) is 0. The Balaban J connectivity index is 0.000000177. The molecule has 292 valence electrons. The fourth-order valence-electron chi connectivity index (χ4n) is 8.27. The summed E-state index contributed by atoms with van der Waals surface area (Å²) in [6.07, 6.45) is 5.42. The summed E-state index contributed by atoms with van der Waals surface area (Å²) >= 11 is 0. The number of amides is 4. The standard InChI is InChI=1S/C25H25N3O2.C24H22N2O2/c1-3-20-16-24(27(18(2)29)21-11-5-4-6-12-21)22-13-7-8-14-23(22)28(20)25(30)19-10-9-15-26-17-19;1-18(27)26(20-12-6-3-7-13-20)23-16-17-25(22-15-9-8-14-21(22)23)24(28)19-10-4-2-5-11-19/h4-15,17,20,24H,3,16H2,1-2H3;2-15,23H,16-17H2,1H3. The van der Waals surface area contributed by atoms with Gasteiger partial charge in [0.25, 0.3) is 11.8 Å². The van der Waals surface area contributed by atoms with Gasteiger partial charge in [0.05, 0.1) is 17.6 Å². The molecule has 4 amide bonds. The third kappa shape index (κ3) is 8.16. The number of pyridine rings is 1. The van der Waals surface area contributed by atoms with Crippen LogP contribution in [0.4, 0.5) is 22.7 Å². The monoisotopic (exact) mass is 769 g/mol. The number of carbonyl (C=O) groups is 4. The second kappa shape index (κ2) is 17.9. The van der Waals surface area contributed by atoms with E-state index in [9.17, 15) is 19.2 Å². The number of anilines is 4. The summed E-state index contributed by atoms with van der Waals surface area (Å²) in [6, 6.07) is 47.9. The van der Waals surface area contributed by atoms with E-state index in [-0.39, 0.29) is 41.8 Å². The van der Waals surface area contributed by atoms with E-state index in [0.29, 0.717) is 30.5 Å². The van der Waals surface area contributed by atoms with Gasteiger partial charge in [-0.2, -0.15) is 0 Å². The molecule has 6 aromatic rings. The fourth-order valence-corrected chi connectivity index (χ4v) is 8.27. The van der Waals surface area contributed by atoms with Crippen molar-refractivity contribution in [2.24, 2.45) is 0 Å². The first-order valence-electron chi connectivity index (χ1n) is 19.8. The number of benzene rings is 5. The van der Waals surface area contributed by atoms with Crippen molar-refractivity contribution in [1.29, 1.82) is 0 Å². The maximum atomic E-state index is 13.4. The van der Waals surface area contributed by atoms with Crippen LogP contribution in [-0.4, -0.2) is 41.2 Å². The number of para-hydroxylation sites is 4. The quantitative estimate of drug-likeness (QED) is 0.161.